The van der Waals surface area contributed by atoms with Crippen LogP contribution in [0.4, 0.5) is 0 Å². The maximum absolute atomic E-state index is 12.9. The van der Waals surface area contributed by atoms with E-state index in [1.165, 1.54) is 0 Å². The maximum Gasteiger partial charge on any atom is 0.246 e. The maximum atomic E-state index is 12.9. The predicted molar refractivity (Wildman–Crippen MR) is 94.2 cm³/mol. The van der Waals surface area contributed by atoms with Gasteiger partial charge < -0.3 is 20.9 Å². The van der Waals surface area contributed by atoms with Gasteiger partial charge in [-0.2, -0.15) is 0 Å². The Balaban J connectivity index is 1.95. The number of nitrogens with zero attached hydrogens (tertiary/aromatic N) is 2. The third kappa shape index (κ3) is 4.63. The third-order valence-corrected chi connectivity index (χ3v) is 5.51. The number of thioether (sulfide) groups is 1. The van der Waals surface area contributed by atoms with Crippen LogP contribution in [0.25, 0.3) is 0 Å². The van der Waals surface area contributed by atoms with Gasteiger partial charge in [-0.15, -0.1) is 11.8 Å². The molecule has 0 aromatic rings. The lowest BCUT2D eigenvalue weighted by atomic mass is 9.96. The summed E-state index contributed by atoms with van der Waals surface area (Å²) in [5.41, 5.74) is 5.41. The van der Waals surface area contributed by atoms with E-state index in [4.69, 9.17) is 5.73 Å². The summed E-state index contributed by atoms with van der Waals surface area (Å²) in [5, 5.41) is 2.80. The first kappa shape index (κ1) is 19.1. The van der Waals surface area contributed by atoms with Gasteiger partial charge in [0.2, 0.25) is 17.7 Å². The summed E-state index contributed by atoms with van der Waals surface area (Å²) in [5.74, 6) is 1.06. The highest BCUT2D eigenvalue weighted by Crippen LogP contribution is 2.26. The summed E-state index contributed by atoms with van der Waals surface area (Å²) in [6.07, 6.45) is 2.87. The molecule has 0 bridgehead atoms. The van der Waals surface area contributed by atoms with Crippen molar-refractivity contribution in [3.63, 3.8) is 0 Å². The number of amides is 3. The van der Waals surface area contributed by atoms with Gasteiger partial charge in [-0.3, -0.25) is 14.4 Å². The molecule has 3 amide bonds. The lowest BCUT2D eigenvalue weighted by Gasteiger charge is -2.35. The smallest absolute Gasteiger partial charge is 0.246 e. The molecule has 24 heavy (non-hydrogen) atoms. The number of carbonyl (C=O) groups is 3. The molecule has 0 aromatic carbocycles. The largest absolute Gasteiger partial charge is 0.355 e. The Bertz CT molecular complexity index is 474. The highest BCUT2D eigenvalue weighted by atomic mass is 32.2. The van der Waals surface area contributed by atoms with Crippen molar-refractivity contribution in [2.45, 2.75) is 38.6 Å². The van der Waals surface area contributed by atoms with Gasteiger partial charge >= 0.3 is 0 Å². The van der Waals surface area contributed by atoms with Gasteiger partial charge in [-0.25, -0.2) is 0 Å². The summed E-state index contributed by atoms with van der Waals surface area (Å²) < 4.78 is 0. The van der Waals surface area contributed by atoms with Gasteiger partial charge in [0.1, 0.15) is 6.04 Å². The van der Waals surface area contributed by atoms with Crippen LogP contribution in [0.3, 0.4) is 0 Å². The Labute approximate surface area is 147 Å². The van der Waals surface area contributed by atoms with Crippen LogP contribution in [-0.2, 0) is 14.4 Å². The second kappa shape index (κ2) is 9.27. The molecule has 2 saturated heterocycles. The molecule has 8 heteroatoms. The van der Waals surface area contributed by atoms with E-state index in [2.05, 4.69) is 5.32 Å². The molecule has 136 valence electrons. The van der Waals surface area contributed by atoms with E-state index < -0.39 is 0 Å². The molecule has 0 radical (unpaired) electrons. The molecule has 2 aliphatic heterocycles. The predicted octanol–water partition coefficient (Wildman–Crippen LogP) is 0.00150. The Morgan fingerprint density at radius 1 is 1.33 bits per heavy atom. The summed E-state index contributed by atoms with van der Waals surface area (Å²) >= 11 is 1.62. The molecular formula is C16H28N4O3S. The number of hydrogen-bond donors (Lipinski definition) is 2. The Morgan fingerprint density at radius 2 is 2.12 bits per heavy atom. The number of hydrogen-bond acceptors (Lipinski definition) is 5. The van der Waals surface area contributed by atoms with Crippen LogP contribution in [0.2, 0.25) is 0 Å². The molecular weight excluding hydrogens is 328 g/mol. The zero-order chi connectivity index (χ0) is 17.5. The van der Waals surface area contributed by atoms with Gasteiger partial charge in [-0.1, -0.05) is 6.92 Å². The molecule has 2 fully saturated rings. The summed E-state index contributed by atoms with van der Waals surface area (Å²) in [6, 6.07) is -0.375. The molecule has 0 aromatic heterocycles. The van der Waals surface area contributed by atoms with Crippen molar-refractivity contribution in [3.8, 4) is 0 Å². The lowest BCUT2D eigenvalue weighted by molar-refractivity contribution is -0.145. The fraction of sp³-hybridized carbons (Fsp3) is 0.812. The van der Waals surface area contributed by atoms with Gasteiger partial charge in [0.05, 0.1) is 11.8 Å². The molecule has 3 N–H and O–H groups in total. The molecule has 2 rings (SSSR count). The summed E-state index contributed by atoms with van der Waals surface area (Å²) in [6.45, 7) is 3.94. The van der Waals surface area contributed by atoms with Crippen LogP contribution in [0.1, 0.15) is 32.6 Å². The number of piperidine rings is 1. The van der Waals surface area contributed by atoms with E-state index in [-0.39, 0.29) is 29.7 Å². The number of rotatable bonds is 6. The SMILES string of the molecule is CCCC(=O)N1CSCC1C(=O)N1CCCC(C(=O)NCCN)C1. The molecule has 0 saturated carbocycles. The Morgan fingerprint density at radius 3 is 2.83 bits per heavy atom. The minimum Gasteiger partial charge on any atom is -0.355 e. The average molecular weight is 356 g/mol. The number of nitrogens with two attached hydrogens (primary N) is 1. The van der Waals surface area contributed by atoms with E-state index >= 15 is 0 Å². The van der Waals surface area contributed by atoms with E-state index in [9.17, 15) is 14.4 Å². The third-order valence-electron chi connectivity index (χ3n) is 4.50. The van der Waals surface area contributed by atoms with E-state index in [0.29, 0.717) is 44.2 Å². The van der Waals surface area contributed by atoms with Crippen LogP contribution in [0, 0.1) is 5.92 Å². The molecule has 7 nitrogen and oxygen atoms in total. The molecule has 2 aliphatic rings. The number of nitrogens with one attached hydrogen (secondary N) is 1. The molecule has 2 unspecified atom stereocenters. The Kier molecular flexibility index (Phi) is 7.36. The normalized spacial score (nSPS) is 24.1. The van der Waals surface area contributed by atoms with E-state index in [1.54, 1.807) is 21.6 Å². The number of carbonyl (C=O) groups excluding carboxylic acids is 3. The zero-order valence-electron chi connectivity index (χ0n) is 14.3. The first-order valence-electron chi connectivity index (χ1n) is 8.72. The molecule has 0 aliphatic carbocycles. The fourth-order valence-corrected chi connectivity index (χ4v) is 4.36. The van der Waals surface area contributed by atoms with Crippen molar-refractivity contribution in [3.05, 3.63) is 0 Å². The summed E-state index contributed by atoms with van der Waals surface area (Å²) in [4.78, 5) is 40.7. The quantitative estimate of drug-likeness (QED) is 0.698. The second-order valence-corrected chi connectivity index (χ2v) is 7.33. The molecule has 2 atom stereocenters. The van der Waals surface area contributed by atoms with Gasteiger partial charge in [-0.05, 0) is 19.3 Å². The second-order valence-electron chi connectivity index (χ2n) is 6.33. The van der Waals surface area contributed by atoms with Crippen LogP contribution in [0.15, 0.2) is 0 Å². The molecule has 0 spiro atoms. The monoisotopic (exact) mass is 356 g/mol. The van der Waals surface area contributed by atoms with Crippen LogP contribution >= 0.6 is 11.8 Å². The van der Waals surface area contributed by atoms with E-state index in [0.717, 1.165) is 19.3 Å². The highest BCUT2D eigenvalue weighted by Gasteiger charge is 2.38. The van der Waals surface area contributed by atoms with Crippen LogP contribution < -0.4 is 11.1 Å². The average Bonchev–Trinajstić information content (AvgIpc) is 3.09. The summed E-state index contributed by atoms with van der Waals surface area (Å²) in [7, 11) is 0. The van der Waals surface area contributed by atoms with Crippen molar-refractivity contribution >= 4 is 29.5 Å². The van der Waals surface area contributed by atoms with Crippen molar-refractivity contribution in [2.24, 2.45) is 11.7 Å². The van der Waals surface area contributed by atoms with Crippen molar-refractivity contribution in [1.29, 1.82) is 0 Å². The zero-order valence-corrected chi connectivity index (χ0v) is 15.1. The first-order chi connectivity index (χ1) is 11.6. The van der Waals surface area contributed by atoms with Crippen molar-refractivity contribution in [1.82, 2.24) is 15.1 Å². The Hall–Kier alpha value is -1.28. The van der Waals surface area contributed by atoms with Crippen molar-refractivity contribution < 1.29 is 14.4 Å². The first-order valence-corrected chi connectivity index (χ1v) is 9.87. The van der Waals surface area contributed by atoms with Crippen LogP contribution in [0.5, 0.6) is 0 Å². The highest BCUT2D eigenvalue weighted by molar-refractivity contribution is 7.99. The minimum atomic E-state index is -0.375. The van der Waals surface area contributed by atoms with E-state index in [1.807, 2.05) is 6.92 Å². The van der Waals surface area contributed by atoms with Crippen LogP contribution in [-0.4, -0.2) is 71.4 Å². The standard InChI is InChI=1S/C16H28N4O3S/c1-2-4-14(21)20-11-24-10-13(20)16(23)19-8-3-5-12(9-19)15(22)18-7-6-17/h12-13H,2-11,17H2,1H3,(H,18,22). The lowest BCUT2D eigenvalue weighted by Crippen LogP contribution is -2.53. The number of likely N-dealkylation sites (tertiary alicyclic amines) is 1. The topological polar surface area (TPSA) is 95.7 Å². The van der Waals surface area contributed by atoms with Gasteiger partial charge in [0, 0.05) is 38.4 Å². The van der Waals surface area contributed by atoms with Gasteiger partial charge in [0.15, 0.2) is 0 Å². The fourth-order valence-electron chi connectivity index (χ4n) is 3.19. The van der Waals surface area contributed by atoms with Gasteiger partial charge in [0.25, 0.3) is 0 Å². The minimum absolute atomic E-state index is 0.0132. The molecule has 2 heterocycles. The van der Waals surface area contributed by atoms with Crippen molar-refractivity contribution in [2.75, 3.05) is 37.8 Å².